The lowest BCUT2D eigenvalue weighted by Crippen LogP contribution is -2.31. The molecule has 0 bridgehead atoms. The summed E-state index contributed by atoms with van der Waals surface area (Å²) in [5.74, 6) is -0.144. The van der Waals surface area contributed by atoms with Crippen molar-refractivity contribution in [2.24, 2.45) is 0 Å². The van der Waals surface area contributed by atoms with Crippen LogP contribution >= 0.6 is 22.9 Å². The molecule has 1 aromatic heterocycles. The van der Waals surface area contributed by atoms with Gasteiger partial charge in [0.15, 0.2) is 0 Å². The first-order chi connectivity index (χ1) is 16.2. The molecule has 5 rings (SSSR count). The summed E-state index contributed by atoms with van der Waals surface area (Å²) < 4.78 is 0.600. The van der Waals surface area contributed by atoms with Gasteiger partial charge >= 0.3 is 0 Å². The zero-order valence-corrected chi connectivity index (χ0v) is 19.8. The summed E-state index contributed by atoms with van der Waals surface area (Å²) in [7, 11) is 0. The van der Waals surface area contributed by atoms with E-state index in [-0.39, 0.29) is 12.0 Å². The van der Waals surface area contributed by atoms with Crippen LogP contribution in [0, 0.1) is 0 Å². The predicted molar refractivity (Wildman–Crippen MR) is 134 cm³/mol. The van der Waals surface area contributed by atoms with Gasteiger partial charge in [-0.15, -0.1) is 11.3 Å². The second-order valence-electron chi connectivity index (χ2n) is 8.37. The monoisotopic (exact) mass is 479 g/mol. The van der Waals surface area contributed by atoms with Gasteiger partial charge in [0.2, 0.25) is 0 Å². The van der Waals surface area contributed by atoms with Crippen molar-refractivity contribution in [2.45, 2.75) is 25.5 Å². The zero-order valence-electron chi connectivity index (χ0n) is 18.2. The highest BCUT2D eigenvalue weighted by Crippen LogP contribution is 2.29. The summed E-state index contributed by atoms with van der Waals surface area (Å²) in [6.07, 6.45) is 4.35. The van der Waals surface area contributed by atoms with Gasteiger partial charge in [0.1, 0.15) is 6.10 Å². The summed E-state index contributed by atoms with van der Waals surface area (Å²) in [4.78, 5) is 21.1. The molecule has 2 aliphatic heterocycles. The average Bonchev–Trinajstić information content (AvgIpc) is 3.61. The van der Waals surface area contributed by atoms with Crippen molar-refractivity contribution in [3.05, 3.63) is 87.1 Å². The van der Waals surface area contributed by atoms with Gasteiger partial charge in [-0.25, -0.2) is 0 Å². The molecule has 1 fully saturated rings. The van der Waals surface area contributed by atoms with Crippen LogP contribution in [0.25, 0.3) is 16.8 Å². The first-order valence-electron chi connectivity index (χ1n) is 11.2. The fourth-order valence-electron chi connectivity index (χ4n) is 4.34. The van der Waals surface area contributed by atoms with Gasteiger partial charge in [-0.3, -0.25) is 20.0 Å². The van der Waals surface area contributed by atoms with Crippen LogP contribution in [0.1, 0.15) is 33.6 Å². The topological polar surface area (TPSA) is 53.6 Å². The van der Waals surface area contributed by atoms with Crippen LogP contribution in [-0.2, 0) is 11.4 Å². The molecule has 170 valence electrons. The Morgan fingerprint density at radius 2 is 1.91 bits per heavy atom. The Bertz CT molecular complexity index is 1170. The smallest absolute Gasteiger partial charge is 0.261 e. The van der Waals surface area contributed by atoms with Gasteiger partial charge in [0, 0.05) is 12.1 Å². The highest BCUT2D eigenvalue weighted by Gasteiger charge is 2.20. The minimum Gasteiger partial charge on any atom is -0.348 e. The van der Waals surface area contributed by atoms with Crippen molar-refractivity contribution in [1.82, 2.24) is 15.7 Å². The molecule has 0 radical (unpaired) electrons. The summed E-state index contributed by atoms with van der Waals surface area (Å²) in [5.41, 5.74) is 8.81. The van der Waals surface area contributed by atoms with E-state index >= 15 is 0 Å². The number of halogens is 1. The minimum atomic E-state index is -0.245. The van der Waals surface area contributed by atoms with Crippen molar-refractivity contribution in [2.75, 3.05) is 19.6 Å². The maximum Gasteiger partial charge on any atom is 0.261 e. The number of rotatable bonds is 7. The maximum absolute atomic E-state index is 12.3. The molecule has 1 saturated heterocycles. The molecule has 7 heteroatoms. The molecule has 3 aromatic rings. The van der Waals surface area contributed by atoms with Crippen molar-refractivity contribution < 1.29 is 9.63 Å². The van der Waals surface area contributed by atoms with Crippen molar-refractivity contribution in [3.8, 4) is 11.1 Å². The van der Waals surface area contributed by atoms with E-state index in [1.807, 2.05) is 6.08 Å². The van der Waals surface area contributed by atoms with Crippen LogP contribution < -0.4 is 10.8 Å². The lowest BCUT2D eigenvalue weighted by atomic mass is 9.97. The second kappa shape index (κ2) is 10.1. The summed E-state index contributed by atoms with van der Waals surface area (Å²) in [6.45, 7) is 3.73. The van der Waals surface area contributed by atoms with Crippen molar-refractivity contribution in [3.63, 3.8) is 0 Å². The number of carbonyl (C=O) groups is 1. The fraction of sp³-hybridized carbons (Fsp3) is 0.269. The predicted octanol–water partition coefficient (Wildman–Crippen LogP) is 5.34. The van der Waals surface area contributed by atoms with Crippen molar-refractivity contribution >= 4 is 34.5 Å². The van der Waals surface area contributed by atoms with Gasteiger partial charge < -0.3 is 5.32 Å². The molecule has 0 spiro atoms. The lowest BCUT2D eigenvalue weighted by Gasteiger charge is -2.18. The van der Waals surface area contributed by atoms with Gasteiger partial charge in [0.25, 0.3) is 5.91 Å². The average molecular weight is 480 g/mol. The van der Waals surface area contributed by atoms with E-state index in [4.69, 9.17) is 16.4 Å². The zero-order chi connectivity index (χ0) is 22.6. The lowest BCUT2D eigenvalue weighted by molar-refractivity contribution is 0.0499. The summed E-state index contributed by atoms with van der Waals surface area (Å²) in [6, 6.07) is 20.6. The number of hydroxylamine groups is 1. The third kappa shape index (κ3) is 5.31. The normalized spacial score (nSPS) is 18.2. The van der Waals surface area contributed by atoms with E-state index in [1.165, 1.54) is 54.0 Å². The van der Waals surface area contributed by atoms with Crippen LogP contribution in [-0.4, -0.2) is 36.5 Å². The molecule has 1 unspecified atom stereocenters. The van der Waals surface area contributed by atoms with E-state index in [1.54, 1.807) is 12.1 Å². The number of hydrogen-bond acceptors (Lipinski definition) is 5. The second-order valence-corrected chi connectivity index (χ2v) is 10.1. The molecule has 5 nitrogen and oxygen atoms in total. The molecule has 0 aliphatic carbocycles. The summed E-state index contributed by atoms with van der Waals surface area (Å²) >= 11 is 7.18. The molecule has 1 atom stereocenters. The first-order valence-corrected chi connectivity index (χ1v) is 12.4. The molecule has 2 N–H and O–H groups in total. The van der Waals surface area contributed by atoms with E-state index in [0.29, 0.717) is 15.8 Å². The third-order valence-electron chi connectivity index (χ3n) is 6.03. The van der Waals surface area contributed by atoms with Crippen LogP contribution in [0.15, 0.2) is 66.7 Å². The van der Waals surface area contributed by atoms with Crippen molar-refractivity contribution in [1.29, 1.82) is 0 Å². The Labute approximate surface area is 203 Å². The Hall–Kier alpha value is -2.64. The molecular weight excluding hydrogens is 454 g/mol. The maximum atomic E-state index is 12.3. The minimum absolute atomic E-state index is 0.144. The Kier molecular flexibility index (Phi) is 6.78. The molecule has 3 heterocycles. The molecular formula is C26H26ClN3O2S. The van der Waals surface area contributed by atoms with E-state index in [9.17, 15) is 4.79 Å². The molecule has 2 aliphatic rings. The Balaban J connectivity index is 1.28. The number of benzene rings is 2. The fourth-order valence-corrected chi connectivity index (χ4v) is 5.30. The molecule has 2 aromatic carbocycles. The number of nitrogens with zero attached hydrogens (tertiary/aromatic N) is 1. The number of amides is 1. The van der Waals surface area contributed by atoms with E-state index in [2.05, 4.69) is 64.2 Å². The Morgan fingerprint density at radius 3 is 2.73 bits per heavy atom. The summed E-state index contributed by atoms with van der Waals surface area (Å²) in [5, 5.41) is 2.90. The Morgan fingerprint density at radius 1 is 1.09 bits per heavy atom. The van der Waals surface area contributed by atoms with Crippen LogP contribution in [0.5, 0.6) is 0 Å². The highest BCUT2D eigenvalue weighted by molar-refractivity contribution is 7.18. The quantitative estimate of drug-likeness (QED) is 0.480. The largest absolute Gasteiger partial charge is 0.348 e. The van der Waals surface area contributed by atoms with Crippen LogP contribution in [0.3, 0.4) is 0 Å². The SMILES string of the molecule is O=C(NCC1C=C(c2cccc(-c3ccccc3CN3CCCC3)c2)NO1)c1ccc(Cl)s1. The van der Waals surface area contributed by atoms with Gasteiger partial charge in [-0.2, -0.15) is 0 Å². The number of hydrogen-bond donors (Lipinski definition) is 2. The van der Waals surface area contributed by atoms with Crippen LogP contribution in [0.4, 0.5) is 0 Å². The standard InChI is InChI=1S/C26H26ClN3O2S/c27-25-11-10-24(33-25)26(31)28-16-21-15-23(29-32-21)19-8-5-7-18(14-19)22-9-2-1-6-20(22)17-30-12-3-4-13-30/h1-2,5-11,14-15,21,29H,3-4,12-13,16-17H2,(H,28,31). The van der Waals surface area contributed by atoms with Crippen LogP contribution in [0.2, 0.25) is 4.34 Å². The van der Waals surface area contributed by atoms with E-state index < -0.39 is 0 Å². The number of carbonyl (C=O) groups excluding carboxylic acids is 1. The number of likely N-dealkylation sites (tertiary alicyclic amines) is 1. The highest BCUT2D eigenvalue weighted by atomic mass is 35.5. The first kappa shape index (κ1) is 22.2. The third-order valence-corrected chi connectivity index (χ3v) is 7.26. The number of nitrogens with one attached hydrogen (secondary N) is 2. The molecule has 33 heavy (non-hydrogen) atoms. The molecule has 1 amide bonds. The molecule has 0 saturated carbocycles. The van der Waals surface area contributed by atoms with Gasteiger partial charge in [-0.1, -0.05) is 54.1 Å². The number of thiophene rings is 1. The van der Waals surface area contributed by atoms with E-state index in [0.717, 1.165) is 17.8 Å². The van der Waals surface area contributed by atoms with Gasteiger partial charge in [0.05, 0.1) is 21.5 Å². The van der Waals surface area contributed by atoms with Gasteiger partial charge in [-0.05, 0) is 66.9 Å².